The molecule has 0 radical (unpaired) electrons. The van der Waals surface area contributed by atoms with Crippen LogP contribution in [0.15, 0.2) is 52.1 Å². The topological polar surface area (TPSA) is 75.2 Å². The Morgan fingerprint density at radius 2 is 1.85 bits per heavy atom. The number of amides is 1. The lowest BCUT2D eigenvalue weighted by Gasteiger charge is -2.29. The maximum atomic E-state index is 12.7. The van der Waals surface area contributed by atoms with Crippen molar-refractivity contribution in [3.63, 3.8) is 0 Å². The maximum absolute atomic E-state index is 12.7. The molecule has 132 valence electrons. The average molecular weight is 349 g/mol. The molecule has 0 aliphatic carbocycles. The van der Waals surface area contributed by atoms with Gasteiger partial charge >= 0.3 is 0 Å². The number of hydrogen-bond acceptors (Lipinski definition) is 3. The molecule has 1 N–H and O–H groups in total. The molecule has 0 saturated heterocycles. The molecular weight excluding hydrogens is 330 g/mol. The molecule has 1 aliphatic rings. The minimum Gasteiger partial charge on any atom is -0.336 e. The standard InChI is InChI=1S/C20H19N3O3/c1-13-6-7-14-8-9-22(11-15(14)10-13)18(24)12-23-20(26)17-5-3-2-4-16(17)19(25)21-23/h2-7,10H,8-9,11-12H2,1H3,(H,21,25). The largest absolute Gasteiger partial charge is 0.336 e. The summed E-state index contributed by atoms with van der Waals surface area (Å²) in [5.41, 5.74) is 2.84. The highest BCUT2D eigenvalue weighted by Crippen LogP contribution is 2.20. The van der Waals surface area contributed by atoms with Crippen LogP contribution in [-0.4, -0.2) is 27.1 Å². The highest BCUT2D eigenvalue weighted by Gasteiger charge is 2.21. The van der Waals surface area contributed by atoms with Crippen molar-refractivity contribution in [3.05, 3.63) is 79.9 Å². The highest BCUT2D eigenvalue weighted by molar-refractivity contribution is 5.81. The number of aryl methyl sites for hydroxylation is 1. The number of nitrogens with zero attached hydrogens (tertiary/aromatic N) is 2. The van der Waals surface area contributed by atoms with Crippen molar-refractivity contribution < 1.29 is 4.79 Å². The van der Waals surface area contributed by atoms with Gasteiger partial charge in [0.25, 0.3) is 11.1 Å². The van der Waals surface area contributed by atoms with Gasteiger partial charge < -0.3 is 4.90 Å². The fourth-order valence-electron chi connectivity index (χ4n) is 3.49. The molecule has 1 amide bonds. The van der Waals surface area contributed by atoms with E-state index in [1.165, 1.54) is 5.56 Å². The monoisotopic (exact) mass is 349 g/mol. The summed E-state index contributed by atoms with van der Waals surface area (Å²) in [6, 6.07) is 12.9. The summed E-state index contributed by atoms with van der Waals surface area (Å²) in [4.78, 5) is 39.2. The number of benzene rings is 2. The molecular formula is C20H19N3O3. The van der Waals surface area contributed by atoms with Crippen LogP contribution < -0.4 is 11.1 Å². The van der Waals surface area contributed by atoms with Crippen molar-refractivity contribution in [2.24, 2.45) is 0 Å². The first-order valence-electron chi connectivity index (χ1n) is 8.61. The van der Waals surface area contributed by atoms with Gasteiger partial charge in [-0.05, 0) is 36.6 Å². The summed E-state index contributed by atoms with van der Waals surface area (Å²) in [6.45, 7) is 3.00. The molecule has 0 saturated carbocycles. The molecule has 26 heavy (non-hydrogen) atoms. The van der Waals surface area contributed by atoms with Crippen molar-refractivity contribution in [1.82, 2.24) is 14.7 Å². The van der Waals surface area contributed by atoms with Crippen molar-refractivity contribution in [2.75, 3.05) is 6.54 Å². The van der Waals surface area contributed by atoms with Crippen LogP contribution in [0.1, 0.15) is 16.7 Å². The zero-order valence-corrected chi connectivity index (χ0v) is 14.5. The fraction of sp³-hybridized carbons (Fsp3) is 0.250. The van der Waals surface area contributed by atoms with E-state index < -0.39 is 0 Å². The van der Waals surface area contributed by atoms with E-state index in [4.69, 9.17) is 0 Å². The Bertz CT molecular complexity index is 1130. The van der Waals surface area contributed by atoms with Crippen LogP contribution in [0.4, 0.5) is 0 Å². The van der Waals surface area contributed by atoms with E-state index in [2.05, 4.69) is 23.3 Å². The van der Waals surface area contributed by atoms with Crippen molar-refractivity contribution in [1.29, 1.82) is 0 Å². The number of aromatic nitrogens is 2. The van der Waals surface area contributed by atoms with E-state index >= 15 is 0 Å². The number of nitrogens with one attached hydrogen (secondary N) is 1. The van der Waals surface area contributed by atoms with Gasteiger partial charge in [0, 0.05) is 13.1 Å². The second kappa shape index (κ2) is 6.29. The molecule has 4 rings (SSSR count). The van der Waals surface area contributed by atoms with Gasteiger partial charge in [-0.25, -0.2) is 4.68 Å². The van der Waals surface area contributed by atoms with E-state index in [-0.39, 0.29) is 23.6 Å². The number of rotatable bonds is 2. The first-order chi connectivity index (χ1) is 12.5. The summed E-state index contributed by atoms with van der Waals surface area (Å²) in [5, 5.41) is 3.18. The van der Waals surface area contributed by atoms with Crippen LogP contribution in [0.2, 0.25) is 0 Å². The zero-order chi connectivity index (χ0) is 18.3. The van der Waals surface area contributed by atoms with Crippen LogP contribution in [0.5, 0.6) is 0 Å². The number of hydrogen-bond donors (Lipinski definition) is 1. The van der Waals surface area contributed by atoms with Gasteiger partial charge in [0.05, 0.1) is 10.8 Å². The van der Waals surface area contributed by atoms with Crippen LogP contribution in [0, 0.1) is 6.92 Å². The predicted molar refractivity (Wildman–Crippen MR) is 99.1 cm³/mol. The summed E-state index contributed by atoms with van der Waals surface area (Å²) >= 11 is 0. The Morgan fingerprint density at radius 1 is 1.08 bits per heavy atom. The zero-order valence-electron chi connectivity index (χ0n) is 14.5. The van der Waals surface area contributed by atoms with E-state index in [0.717, 1.165) is 22.2 Å². The van der Waals surface area contributed by atoms with Crippen LogP contribution in [0.3, 0.4) is 0 Å². The Kier molecular flexibility index (Phi) is 3.95. The Morgan fingerprint density at radius 3 is 2.65 bits per heavy atom. The summed E-state index contributed by atoms with van der Waals surface area (Å²) in [6.07, 6.45) is 0.796. The summed E-state index contributed by atoms with van der Waals surface area (Å²) < 4.78 is 1.11. The van der Waals surface area contributed by atoms with Gasteiger partial charge in [-0.1, -0.05) is 35.9 Å². The molecule has 3 aromatic rings. The van der Waals surface area contributed by atoms with Gasteiger partial charge in [0.2, 0.25) is 5.91 Å². The van der Waals surface area contributed by atoms with Crippen molar-refractivity contribution >= 4 is 16.7 Å². The van der Waals surface area contributed by atoms with E-state index in [9.17, 15) is 14.4 Å². The quantitative estimate of drug-likeness (QED) is 0.763. The third-order valence-electron chi connectivity index (χ3n) is 4.90. The lowest BCUT2D eigenvalue weighted by molar-refractivity contribution is -0.133. The van der Waals surface area contributed by atoms with E-state index in [1.807, 2.05) is 6.92 Å². The van der Waals surface area contributed by atoms with Gasteiger partial charge in [-0.2, -0.15) is 0 Å². The lowest BCUT2D eigenvalue weighted by Crippen LogP contribution is -2.41. The first-order valence-corrected chi connectivity index (χ1v) is 8.61. The maximum Gasteiger partial charge on any atom is 0.273 e. The number of aromatic amines is 1. The molecule has 0 spiro atoms. The van der Waals surface area contributed by atoms with E-state index in [0.29, 0.717) is 23.9 Å². The molecule has 2 heterocycles. The number of carbonyl (C=O) groups is 1. The molecule has 0 unspecified atom stereocenters. The third kappa shape index (κ3) is 2.83. The predicted octanol–water partition coefficient (Wildman–Crippen LogP) is 1.58. The Balaban J connectivity index is 1.61. The molecule has 0 fully saturated rings. The Labute approximate surface area is 149 Å². The summed E-state index contributed by atoms with van der Waals surface area (Å²) in [7, 11) is 0. The molecule has 0 atom stereocenters. The van der Waals surface area contributed by atoms with E-state index in [1.54, 1.807) is 29.2 Å². The second-order valence-corrected chi connectivity index (χ2v) is 6.72. The fourth-order valence-corrected chi connectivity index (χ4v) is 3.49. The number of carbonyl (C=O) groups excluding carboxylic acids is 1. The van der Waals surface area contributed by atoms with Gasteiger partial charge in [-0.3, -0.25) is 19.5 Å². The molecule has 2 aromatic carbocycles. The summed E-state index contributed by atoms with van der Waals surface area (Å²) in [5.74, 6) is -0.176. The normalized spacial score (nSPS) is 13.7. The second-order valence-electron chi connectivity index (χ2n) is 6.72. The number of H-pyrrole nitrogens is 1. The van der Waals surface area contributed by atoms with Crippen LogP contribution >= 0.6 is 0 Å². The first kappa shape index (κ1) is 16.3. The van der Waals surface area contributed by atoms with Crippen molar-refractivity contribution in [3.8, 4) is 0 Å². The highest BCUT2D eigenvalue weighted by atomic mass is 16.2. The van der Waals surface area contributed by atoms with Gasteiger partial charge in [0.1, 0.15) is 6.54 Å². The van der Waals surface area contributed by atoms with Gasteiger partial charge in [0.15, 0.2) is 0 Å². The smallest absolute Gasteiger partial charge is 0.273 e. The molecule has 0 bridgehead atoms. The van der Waals surface area contributed by atoms with Crippen LogP contribution in [0.25, 0.3) is 10.8 Å². The molecule has 6 nitrogen and oxygen atoms in total. The minimum atomic E-state index is -0.368. The minimum absolute atomic E-state index is 0.167. The SMILES string of the molecule is Cc1ccc2c(c1)CN(C(=O)Cn1[nH]c(=O)c3ccccc3c1=O)CC2. The molecule has 1 aliphatic heterocycles. The lowest BCUT2D eigenvalue weighted by atomic mass is 9.98. The molecule has 1 aromatic heterocycles. The van der Waals surface area contributed by atoms with Crippen molar-refractivity contribution in [2.45, 2.75) is 26.4 Å². The van der Waals surface area contributed by atoms with Gasteiger partial charge in [-0.15, -0.1) is 0 Å². The number of fused-ring (bicyclic) bond motifs is 2. The molecule has 6 heteroatoms. The Hall–Kier alpha value is -3.15. The third-order valence-corrected chi connectivity index (χ3v) is 4.90. The van der Waals surface area contributed by atoms with Crippen LogP contribution in [-0.2, 0) is 24.3 Å². The average Bonchev–Trinajstić information content (AvgIpc) is 2.65.